The van der Waals surface area contributed by atoms with Gasteiger partial charge in [0, 0.05) is 29.8 Å². The van der Waals surface area contributed by atoms with Crippen LogP contribution in [-0.2, 0) is 6.54 Å². The second kappa shape index (κ2) is 5.87. The highest BCUT2D eigenvalue weighted by Gasteiger charge is 2.18. The van der Waals surface area contributed by atoms with Gasteiger partial charge < -0.3 is 10.2 Å². The maximum Gasteiger partial charge on any atom is 0.0412 e. The number of halogens is 1. The molecule has 0 aliphatic carbocycles. The Bertz CT molecular complexity index is 378. The predicted octanol–water partition coefficient (Wildman–Crippen LogP) is 3.40. The molecule has 2 rings (SSSR count). The zero-order valence-electron chi connectivity index (χ0n) is 10.7. The van der Waals surface area contributed by atoms with E-state index in [-0.39, 0.29) is 0 Å². The lowest BCUT2D eigenvalue weighted by molar-refractivity contribution is 0.446. The summed E-state index contributed by atoms with van der Waals surface area (Å²) in [5.41, 5.74) is 2.78. The lowest BCUT2D eigenvalue weighted by atomic mass is 9.99. The summed E-state index contributed by atoms with van der Waals surface area (Å²) in [6.07, 6.45) is 2.69. The molecule has 1 fully saturated rings. The molecule has 0 amide bonds. The molecule has 0 spiro atoms. The van der Waals surface area contributed by atoms with Crippen molar-refractivity contribution in [3.8, 4) is 0 Å². The molecule has 0 aromatic heterocycles. The number of piperidine rings is 1. The van der Waals surface area contributed by atoms with E-state index < -0.39 is 0 Å². The smallest absolute Gasteiger partial charge is 0.0412 e. The van der Waals surface area contributed by atoms with Crippen molar-refractivity contribution in [2.75, 3.05) is 25.0 Å². The van der Waals surface area contributed by atoms with Crippen LogP contribution in [0.4, 0.5) is 5.69 Å². The number of nitrogens with one attached hydrogen (secondary N) is 1. The molecule has 1 aromatic rings. The molecule has 1 saturated heterocycles. The van der Waals surface area contributed by atoms with Gasteiger partial charge in [-0.3, -0.25) is 0 Å². The highest BCUT2D eigenvalue weighted by molar-refractivity contribution is 9.10. The van der Waals surface area contributed by atoms with E-state index in [1.165, 1.54) is 37.2 Å². The van der Waals surface area contributed by atoms with Gasteiger partial charge >= 0.3 is 0 Å². The van der Waals surface area contributed by atoms with Crippen molar-refractivity contribution in [2.45, 2.75) is 26.3 Å². The third-order valence-corrected chi connectivity index (χ3v) is 3.90. The van der Waals surface area contributed by atoms with Gasteiger partial charge in [0.15, 0.2) is 0 Å². The second-order valence-corrected chi connectivity index (χ2v) is 5.91. The third kappa shape index (κ3) is 3.23. The minimum Gasteiger partial charge on any atom is -0.371 e. The molecule has 1 atom stereocenters. The van der Waals surface area contributed by atoms with Crippen LogP contribution in [0, 0.1) is 5.92 Å². The minimum absolute atomic E-state index is 0.815. The molecule has 2 nitrogen and oxygen atoms in total. The average molecular weight is 297 g/mol. The molecule has 1 unspecified atom stereocenters. The number of nitrogens with zero attached hydrogens (tertiary/aromatic N) is 1. The zero-order chi connectivity index (χ0) is 12.3. The number of hydrogen-bond donors (Lipinski definition) is 1. The largest absolute Gasteiger partial charge is 0.371 e. The first-order chi connectivity index (χ1) is 8.20. The summed E-state index contributed by atoms with van der Waals surface area (Å²) in [6, 6.07) is 6.62. The van der Waals surface area contributed by atoms with Crippen molar-refractivity contribution in [1.29, 1.82) is 0 Å². The van der Waals surface area contributed by atoms with Gasteiger partial charge in [0.1, 0.15) is 0 Å². The van der Waals surface area contributed by atoms with Gasteiger partial charge in [-0.2, -0.15) is 0 Å². The monoisotopic (exact) mass is 296 g/mol. The summed E-state index contributed by atoms with van der Waals surface area (Å²) in [4.78, 5) is 2.54. The first-order valence-corrected chi connectivity index (χ1v) is 7.18. The summed E-state index contributed by atoms with van der Waals surface area (Å²) >= 11 is 3.56. The van der Waals surface area contributed by atoms with Gasteiger partial charge in [-0.25, -0.2) is 0 Å². The molecule has 17 heavy (non-hydrogen) atoms. The van der Waals surface area contributed by atoms with Gasteiger partial charge in [-0.05, 0) is 49.6 Å². The Morgan fingerprint density at radius 2 is 2.29 bits per heavy atom. The maximum atomic E-state index is 3.56. The molecule has 0 radical (unpaired) electrons. The van der Waals surface area contributed by atoms with Gasteiger partial charge in [-0.15, -0.1) is 0 Å². The topological polar surface area (TPSA) is 15.3 Å². The SMILES string of the molecule is CNCc1cc(Br)ccc1N1CCCC(C)C1. The molecule has 1 aliphatic rings. The Labute approximate surface area is 113 Å². The van der Waals surface area contributed by atoms with E-state index in [0.29, 0.717) is 0 Å². The van der Waals surface area contributed by atoms with Crippen molar-refractivity contribution >= 4 is 21.6 Å². The van der Waals surface area contributed by atoms with Crippen LogP contribution in [0.25, 0.3) is 0 Å². The van der Waals surface area contributed by atoms with Crippen LogP contribution in [0.3, 0.4) is 0 Å². The normalized spacial score (nSPS) is 20.6. The Morgan fingerprint density at radius 1 is 1.47 bits per heavy atom. The minimum atomic E-state index is 0.815. The fourth-order valence-corrected chi connectivity index (χ4v) is 3.01. The maximum absolute atomic E-state index is 3.56. The van der Waals surface area contributed by atoms with Crippen LogP contribution in [0.1, 0.15) is 25.3 Å². The van der Waals surface area contributed by atoms with Crippen LogP contribution in [0.5, 0.6) is 0 Å². The standard InChI is InChI=1S/C14H21BrN2/c1-11-4-3-7-17(10-11)14-6-5-13(15)8-12(14)9-16-2/h5-6,8,11,16H,3-4,7,9-10H2,1-2H3. The lowest BCUT2D eigenvalue weighted by Crippen LogP contribution is -2.35. The quantitative estimate of drug-likeness (QED) is 0.920. The van der Waals surface area contributed by atoms with Crippen molar-refractivity contribution in [3.63, 3.8) is 0 Å². The first-order valence-electron chi connectivity index (χ1n) is 6.38. The number of rotatable bonds is 3. The highest BCUT2D eigenvalue weighted by Crippen LogP contribution is 2.28. The van der Waals surface area contributed by atoms with E-state index in [0.717, 1.165) is 16.9 Å². The number of hydrogen-bond acceptors (Lipinski definition) is 2. The molecule has 3 heteroatoms. The van der Waals surface area contributed by atoms with Crippen molar-refractivity contribution in [3.05, 3.63) is 28.2 Å². The molecule has 94 valence electrons. The molecular weight excluding hydrogens is 276 g/mol. The first kappa shape index (κ1) is 12.9. The Balaban J connectivity index is 2.23. The van der Waals surface area contributed by atoms with Crippen LogP contribution >= 0.6 is 15.9 Å². The Kier molecular flexibility index (Phi) is 4.46. The zero-order valence-corrected chi connectivity index (χ0v) is 12.3. The third-order valence-electron chi connectivity index (χ3n) is 3.41. The Hall–Kier alpha value is -0.540. The summed E-state index contributed by atoms with van der Waals surface area (Å²) in [6.45, 7) is 5.67. The molecule has 1 aliphatic heterocycles. The molecular formula is C14H21BrN2. The highest BCUT2D eigenvalue weighted by atomic mass is 79.9. The van der Waals surface area contributed by atoms with Crippen molar-refractivity contribution in [1.82, 2.24) is 5.32 Å². The van der Waals surface area contributed by atoms with Crippen LogP contribution in [0.15, 0.2) is 22.7 Å². The van der Waals surface area contributed by atoms with Crippen molar-refractivity contribution in [2.24, 2.45) is 5.92 Å². The van der Waals surface area contributed by atoms with Gasteiger partial charge in [0.25, 0.3) is 0 Å². The summed E-state index contributed by atoms with van der Waals surface area (Å²) in [7, 11) is 2.00. The van der Waals surface area contributed by atoms with Gasteiger partial charge in [-0.1, -0.05) is 22.9 Å². The molecule has 1 aromatic carbocycles. The lowest BCUT2D eigenvalue weighted by Gasteiger charge is -2.34. The van der Waals surface area contributed by atoms with E-state index in [2.05, 4.69) is 51.3 Å². The summed E-state index contributed by atoms with van der Waals surface area (Å²) in [5.74, 6) is 0.815. The van der Waals surface area contributed by atoms with Gasteiger partial charge in [0.05, 0.1) is 0 Å². The van der Waals surface area contributed by atoms with Crippen LogP contribution in [-0.4, -0.2) is 20.1 Å². The van der Waals surface area contributed by atoms with E-state index in [1.807, 2.05) is 7.05 Å². The predicted molar refractivity (Wildman–Crippen MR) is 77.5 cm³/mol. The molecule has 0 bridgehead atoms. The number of anilines is 1. The Morgan fingerprint density at radius 3 is 3.00 bits per heavy atom. The fourth-order valence-electron chi connectivity index (χ4n) is 2.60. The van der Waals surface area contributed by atoms with E-state index in [9.17, 15) is 0 Å². The van der Waals surface area contributed by atoms with Crippen LogP contribution < -0.4 is 10.2 Å². The molecule has 1 N–H and O–H groups in total. The summed E-state index contributed by atoms with van der Waals surface area (Å²) in [5, 5.41) is 3.25. The molecule has 1 heterocycles. The van der Waals surface area contributed by atoms with E-state index in [4.69, 9.17) is 0 Å². The fraction of sp³-hybridized carbons (Fsp3) is 0.571. The van der Waals surface area contributed by atoms with E-state index in [1.54, 1.807) is 0 Å². The summed E-state index contributed by atoms with van der Waals surface area (Å²) < 4.78 is 1.16. The van der Waals surface area contributed by atoms with E-state index >= 15 is 0 Å². The van der Waals surface area contributed by atoms with Crippen LogP contribution in [0.2, 0.25) is 0 Å². The number of benzene rings is 1. The van der Waals surface area contributed by atoms with Gasteiger partial charge in [0.2, 0.25) is 0 Å². The van der Waals surface area contributed by atoms with Crippen molar-refractivity contribution < 1.29 is 0 Å². The average Bonchev–Trinajstić information content (AvgIpc) is 2.29. The second-order valence-electron chi connectivity index (χ2n) is 5.00. The molecule has 0 saturated carbocycles.